The number of hydrogen-bond acceptors (Lipinski definition) is 5. The second-order valence-electron chi connectivity index (χ2n) is 2.06. The Morgan fingerprint density at radius 3 is 3.00 bits per heavy atom. The van der Waals surface area contributed by atoms with Crippen molar-refractivity contribution in [1.29, 1.82) is 0 Å². The monoisotopic (exact) mass is 167 g/mol. The summed E-state index contributed by atoms with van der Waals surface area (Å²) in [5.41, 5.74) is 5.51. The molecule has 0 aliphatic carbocycles. The summed E-state index contributed by atoms with van der Waals surface area (Å²) < 4.78 is 0. The van der Waals surface area contributed by atoms with Crippen LogP contribution >= 0.6 is 11.3 Å². The van der Waals surface area contributed by atoms with Gasteiger partial charge in [0.25, 0.3) is 0 Å². The van der Waals surface area contributed by atoms with Crippen LogP contribution in [0.15, 0.2) is 12.4 Å². The number of nitrogens with zero attached hydrogens (tertiary/aromatic N) is 2. The van der Waals surface area contributed by atoms with Gasteiger partial charge in [0, 0.05) is 6.07 Å². The van der Waals surface area contributed by atoms with E-state index in [2.05, 4.69) is 9.97 Å². The van der Waals surface area contributed by atoms with Crippen molar-refractivity contribution < 1.29 is 5.11 Å². The first-order valence-electron chi connectivity index (χ1n) is 2.96. The molecule has 0 saturated carbocycles. The Labute approximate surface area is 66.3 Å². The number of aromatic hydroxyl groups is 1. The number of fused-ring (bicyclic) bond motifs is 1. The zero-order chi connectivity index (χ0) is 7.84. The first kappa shape index (κ1) is 6.36. The molecule has 0 fully saturated rings. The summed E-state index contributed by atoms with van der Waals surface area (Å²) in [5.74, 6) is 0.409. The lowest BCUT2D eigenvalue weighted by Gasteiger charge is -1.89. The standard InChI is InChI=1S/C6H5N3OS/c7-5-3-1-4(10)11-6(3)9-2-8-5/h1-2,10H,(H2,7,8,9). The highest BCUT2D eigenvalue weighted by Gasteiger charge is 2.03. The maximum absolute atomic E-state index is 9.08. The van der Waals surface area contributed by atoms with Crippen LogP contribution in [0.4, 0.5) is 5.82 Å². The predicted molar refractivity (Wildman–Crippen MR) is 43.5 cm³/mol. The van der Waals surface area contributed by atoms with Crippen LogP contribution in [0.3, 0.4) is 0 Å². The van der Waals surface area contributed by atoms with Crippen LogP contribution < -0.4 is 5.73 Å². The fraction of sp³-hybridized carbons (Fsp3) is 0. The zero-order valence-electron chi connectivity index (χ0n) is 5.48. The van der Waals surface area contributed by atoms with Crippen molar-refractivity contribution in [2.24, 2.45) is 0 Å². The molecule has 0 bridgehead atoms. The molecule has 2 aromatic rings. The van der Waals surface area contributed by atoms with Gasteiger partial charge < -0.3 is 10.8 Å². The van der Waals surface area contributed by atoms with Crippen LogP contribution in [0.1, 0.15) is 0 Å². The quantitative estimate of drug-likeness (QED) is 0.613. The average molecular weight is 167 g/mol. The molecule has 4 nitrogen and oxygen atoms in total. The maximum Gasteiger partial charge on any atom is 0.173 e. The molecule has 0 amide bonds. The molecule has 3 N–H and O–H groups in total. The van der Waals surface area contributed by atoms with E-state index in [1.165, 1.54) is 17.7 Å². The van der Waals surface area contributed by atoms with E-state index in [0.29, 0.717) is 5.82 Å². The minimum absolute atomic E-state index is 0.215. The third-order valence-corrected chi connectivity index (χ3v) is 2.19. The molecule has 0 radical (unpaired) electrons. The molecule has 5 heteroatoms. The third kappa shape index (κ3) is 0.894. The van der Waals surface area contributed by atoms with E-state index in [4.69, 9.17) is 10.8 Å². The van der Waals surface area contributed by atoms with Crippen molar-refractivity contribution in [3.63, 3.8) is 0 Å². The number of nitrogen functional groups attached to an aromatic ring is 1. The highest BCUT2D eigenvalue weighted by Crippen LogP contribution is 2.30. The second-order valence-corrected chi connectivity index (χ2v) is 3.07. The van der Waals surface area contributed by atoms with E-state index in [-0.39, 0.29) is 5.06 Å². The largest absolute Gasteiger partial charge is 0.499 e. The molecule has 0 unspecified atom stereocenters. The molecular weight excluding hydrogens is 162 g/mol. The van der Waals surface area contributed by atoms with Crippen LogP contribution in [0, 0.1) is 0 Å². The lowest BCUT2D eigenvalue weighted by atomic mass is 10.4. The molecule has 11 heavy (non-hydrogen) atoms. The van der Waals surface area contributed by atoms with Gasteiger partial charge in [-0.25, -0.2) is 9.97 Å². The predicted octanol–water partition coefficient (Wildman–Crippen LogP) is 0.979. The Kier molecular flexibility index (Phi) is 1.19. The van der Waals surface area contributed by atoms with E-state index in [1.54, 1.807) is 6.07 Å². The minimum Gasteiger partial charge on any atom is -0.499 e. The van der Waals surface area contributed by atoms with Crippen LogP contribution in [-0.4, -0.2) is 15.1 Å². The van der Waals surface area contributed by atoms with Crippen molar-refractivity contribution in [1.82, 2.24) is 9.97 Å². The van der Waals surface area contributed by atoms with Crippen LogP contribution in [0.5, 0.6) is 5.06 Å². The number of thiophene rings is 1. The summed E-state index contributed by atoms with van der Waals surface area (Å²) in [6.07, 6.45) is 1.38. The SMILES string of the molecule is Nc1ncnc2sc(O)cc12. The van der Waals surface area contributed by atoms with Gasteiger partial charge >= 0.3 is 0 Å². The van der Waals surface area contributed by atoms with E-state index in [0.717, 1.165) is 10.2 Å². The van der Waals surface area contributed by atoms with Crippen molar-refractivity contribution >= 4 is 27.4 Å². The lowest BCUT2D eigenvalue weighted by molar-refractivity contribution is 0.491. The van der Waals surface area contributed by atoms with E-state index in [9.17, 15) is 0 Å². The maximum atomic E-state index is 9.08. The van der Waals surface area contributed by atoms with Gasteiger partial charge in [-0.2, -0.15) is 0 Å². The molecule has 2 aromatic heterocycles. The van der Waals surface area contributed by atoms with Crippen molar-refractivity contribution in [2.75, 3.05) is 5.73 Å². The molecule has 2 rings (SSSR count). The second kappa shape index (κ2) is 2.06. The molecule has 0 spiro atoms. The fourth-order valence-corrected chi connectivity index (χ4v) is 1.61. The summed E-state index contributed by atoms with van der Waals surface area (Å²) >= 11 is 1.19. The fourth-order valence-electron chi connectivity index (χ4n) is 0.861. The van der Waals surface area contributed by atoms with Gasteiger partial charge in [0.15, 0.2) is 5.06 Å². The average Bonchev–Trinajstić information content (AvgIpc) is 2.31. The Morgan fingerprint density at radius 1 is 1.45 bits per heavy atom. The zero-order valence-corrected chi connectivity index (χ0v) is 6.30. The Bertz CT molecular complexity index is 398. The summed E-state index contributed by atoms with van der Waals surface area (Å²) in [4.78, 5) is 8.43. The molecule has 0 saturated heterocycles. The van der Waals surface area contributed by atoms with Gasteiger partial charge in [-0.3, -0.25) is 0 Å². The van der Waals surface area contributed by atoms with Gasteiger partial charge in [-0.05, 0) is 0 Å². The molecular formula is C6H5N3OS. The van der Waals surface area contributed by atoms with Gasteiger partial charge in [0.2, 0.25) is 0 Å². The Morgan fingerprint density at radius 2 is 2.27 bits per heavy atom. The van der Waals surface area contributed by atoms with Crippen molar-refractivity contribution in [3.8, 4) is 5.06 Å². The minimum atomic E-state index is 0.215. The van der Waals surface area contributed by atoms with E-state index >= 15 is 0 Å². The van der Waals surface area contributed by atoms with Gasteiger partial charge in [0.1, 0.15) is 17.0 Å². The van der Waals surface area contributed by atoms with Crippen molar-refractivity contribution in [3.05, 3.63) is 12.4 Å². The Hall–Kier alpha value is -1.36. The number of anilines is 1. The number of hydrogen-bond donors (Lipinski definition) is 2. The molecule has 56 valence electrons. The lowest BCUT2D eigenvalue weighted by Crippen LogP contribution is -1.89. The topological polar surface area (TPSA) is 72.0 Å². The van der Waals surface area contributed by atoms with E-state index in [1.807, 2.05) is 0 Å². The molecule has 2 heterocycles. The highest BCUT2D eigenvalue weighted by molar-refractivity contribution is 7.20. The molecule has 0 aromatic carbocycles. The van der Waals surface area contributed by atoms with Crippen molar-refractivity contribution in [2.45, 2.75) is 0 Å². The summed E-state index contributed by atoms with van der Waals surface area (Å²) in [5, 5.41) is 10.0. The van der Waals surface area contributed by atoms with Crippen LogP contribution in [0.25, 0.3) is 10.2 Å². The first-order valence-corrected chi connectivity index (χ1v) is 3.78. The van der Waals surface area contributed by atoms with Crippen LogP contribution in [-0.2, 0) is 0 Å². The summed E-state index contributed by atoms with van der Waals surface area (Å²) in [6, 6.07) is 1.56. The van der Waals surface area contributed by atoms with Gasteiger partial charge in [0.05, 0.1) is 5.39 Å². The number of aromatic nitrogens is 2. The number of rotatable bonds is 0. The third-order valence-electron chi connectivity index (χ3n) is 1.35. The first-order chi connectivity index (χ1) is 5.27. The molecule has 0 atom stereocenters. The number of nitrogens with two attached hydrogens (primary N) is 1. The van der Waals surface area contributed by atoms with Crippen LogP contribution in [0.2, 0.25) is 0 Å². The smallest absolute Gasteiger partial charge is 0.173 e. The van der Waals surface area contributed by atoms with Gasteiger partial charge in [-0.1, -0.05) is 11.3 Å². The van der Waals surface area contributed by atoms with E-state index < -0.39 is 0 Å². The Balaban J connectivity index is 2.90. The highest BCUT2D eigenvalue weighted by atomic mass is 32.1. The summed E-state index contributed by atoms with van der Waals surface area (Å²) in [7, 11) is 0. The summed E-state index contributed by atoms with van der Waals surface area (Å²) in [6.45, 7) is 0. The molecule has 0 aliphatic heterocycles. The van der Waals surface area contributed by atoms with Gasteiger partial charge in [-0.15, -0.1) is 0 Å². The molecule has 0 aliphatic rings. The normalized spacial score (nSPS) is 10.5.